The molecule has 0 aliphatic rings. The van der Waals surface area contributed by atoms with Gasteiger partial charge in [0.1, 0.15) is 5.82 Å². The quantitative estimate of drug-likeness (QED) is 0.833. The smallest absolute Gasteiger partial charge is 0.336 e. The molecule has 0 atom stereocenters. The molecule has 1 aromatic heterocycles. The Kier molecular flexibility index (Phi) is 2.94. The molecule has 18 heavy (non-hydrogen) atoms. The summed E-state index contributed by atoms with van der Waals surface area (Å²) in [4.78, 5) is 15.0. The molecule has 88 valence electrons. The highest BCUT2D eigenvalue weighted by molar-refractivity contribution is 5.96. The number of anilines is 1. The molecular formula is C13H9N3O2. The number of nitriles is 1. The Balaban J connectivity index is 2.56. The molecule has 0 spiro atoms. The maximum Gasteiger partial charge on any atom is 0.336 e. The van der Waals surface area contributed by atoms with Crippen LogP contribution in [0.4, 0.5) is 5.82 Å². The maximum absolute atomic E-state index is 11.1. The molecular weight excluding hydrogens is 230 g/mol. The lowest BCUT2D eigenvalue weighted by atomic mass is 10.0. The summed E-state index contributed by atoms with van der Waals surface area (Å²) >= 11 is 0. The van der Waals surface area contributed by atoms with Gasteiger partial charge in [-0.05, 0) is 23.8 Å². The van der Waals surface area contributed by atoms with Crippen molar-refractivity contribution in [1.82, 2.24) is 4.98 Å². The fraction of sp³-hybridized carbons (Fsp3) is 0. The summed E-state index contributed by atoms with van der Waals surface area (Å²) in [6, 6.07) is 9.92. The van der Waals surface area contributed by atoms with E-state index < -0.39 is 5.97 Å². The molecule has 0 aliphatic heterocycles. The molecule has 2 rings (SSSR count). The molecule has 3 N–H and O–H groups in total. The summed E-state index contributed by atoms with van der Waals surface area (Å²) in [5.74, 6) is -0.909. The number of hydrogen-bond acceptors (Lipinski definition) is 4. The number of benzene rings is 1. The van der Waals surface area contributed by atoms with E-state index in [1.807, 2.05) is 6.07 Å². The standard InChI is InChI=1S/C13H9N3O2/c14-6-8-1-3-9(4-2-8)11-7-16-12(15)5-10(11)13(17)18/h1-5,7H,(H2,15,16)(H,17,18). The molecule has 0 unspecified atom stereocenters. The van der Waals surface area contributed by atoms with E-state index in [2.05, 4.69) is 4.98 Å². The van der Waals surface area contributed by atoms with Gasteiger partial charge in [-0.25, -0.2) is 9.78 Å². The van der Waals surface area contributed by atoms with Crippen molar-refractivity contribution in [2.24, 2.45) is 0 Å². The van der Waals surface area contributed by atoms with E-state index in [1.54, 1.807) is 24.3 Å². The highest BCUT2D eigenvalue weighted by Crippen LogP contribution is 2.24. The normalized spacial score (nSPS) is 9.72. The minimum atomic E-state index is -1.07. The number of aromatic nitrogens is 1. The van der Waals surface area contributed by atoms with E-state index in [9.17, 15) is 4.79 Å². The molecule has 0 bridgehead atoms. The predicted octanol–water partition coefficient (Wildman–Crippen LogP) is 1.90. The first kappa shape index (κ1) is 11.6. The SMILES string of the molecule is N#Cc1ccc(-c2cnc(N)cc2C(=O)O)cc1. The third-order valence-electron chi connectivity index (χ3n) is 2.48. The summed E-state index contributed by atoms with van der Waals surface area (Å²) in [5.41, 5.74) is 7.23. The number of rotatable bonds is 2. The Hall–Kier alpha value is -2.87. The average molecular weight is 239 g/mol. The Morgan fingerprint density at radius 2 is 2.00 bits per heavy atom. The zero-order valence-electron chi connectivity index (χ0n) is 9.29. The lowest BCUT2D eigenvalue weighted by Crippen LogP contribution is -2.02. The lowest BCUT2D eigenvalue weighted by molar-refractivity contribution is 0.0697. The topological polar surface area (TPSA) is 100 Å². The van der Waals surface area contributed by atoms with E-state index in [0.29, 0.717) is 16.7 Å². The molecule has 0 fully saturated rings. The van der Waals surface area contributed by atoms with Crippen LogP contribution >= 0.6 is 0 Å². The first-order valence-electron chi connectivity index (χ1n) is 5.11. The minimum absolute atomic E-state index is 0.0900. The van der Waals surface area contributed by atoms with E-state index in [-0.39, 0.29) is 11.4 Å². The van der Waals surface area contributed by atoms with Crippen molar-refractivity contribution in [1.29, 1.82) is 5.26 Å². The van der Waals surface area contributed by atoms with Crippen molar-refractivity contribution < 1.29 is 9.90 Å². The predicted molar refractivity (Wildman–Crippen MR) is 65.8 cm³/mol. The number of aromatic carboxylic acids is 1. The van der Waals surface area contributed by atoms with Crippen LogP contribution in [0, 0.1) is 11.3 Å². The number of carbonyl (C=O) groups is 1. The molecule has 0 aliphatic carbocycles. The van der Waals surface area contributed by atoms with Crippen LogP contribution in [0.15, 0.2) is 36.5 Å². The minimum Gasteiger partial charge on any atom is -0.478 e. The van der Waals surface area contributed by atoms with E-state index in [0.717, 1.165) is 0 Å². The molecule has 2 aromatic rings. The fourth-order valence-corrected chi connectivity index (χ4v) is 1.60. The fourth-order valence-electron chi connectivity index (χ4n) is 1.60. The molecule has 1 heterocycles. The number of pyridine rings is 1. The third kappa shape index (κ3) is 2.13. The van der Waals surface area contributed by atoms with Crippen LogP contribution in [0.5, 0.6) is 0 Å². The second-order valence-electron chi connectivity index (χ2n) is 3.65. The summed E-state index contributed by atoms with van der Waals surface area (Å²) in [6.07, 6.45) is 1.42. The van der Waals surface area contributed by atoms with Crippen LogP contribution in [-0.4, -0.2) is 16.1 Å². The van der Waals surface area contributed by atoms with Crippen molar-refractivity contribution in [3.8, 4) is 17.2 Å². The Labute approximate surface area is 103 Å². The van der Waals surface area contributed by atoms with Gasteiger partial charge in [-0.15, -0.1) is 0 Å². The molecule has 5 heteroatoms. The van der Waals surface area contributed by atoms with Gasteiger partial charge in [0.2, 0.25) is 0 Å². The van der Waals surface area contributed by atoms with Gasteiger partial charge in [0.15, 0.2) is 0 Å². The molecule has 0 saturated carbocycles. The first-order valence-corrected chi connectivity index (χ1v) is 5.11. The Morgan fingerprint density at radius 3 is 2.56 bits per heavy atom. The third-order valence-corrected chi connectivity index (χ3v) is 2.48. The first-order chi connectivity index (χ1) is 8.61. The molecule has 5 nitrogen and oxygen atoms in total. The maximum atomic E-state index is 11.1. The number of carboxylic acids is 1. The van der Waals surface area contributed by atoms with E-state index in [4.69, 9.17) is 16.1 Å². The summed E-state index contributed by atoms with van der Waals surface area (Å²) in [6.45, 7) is 0. The van der Waals surface area contributed by atoms with Crippen LogP contribution in [0.3, 0.4) is 0 Å². The highest BCUT2D eigenvalue weighted by Gasteiger charge is 2.12. The van der Waals surface area contributed by atoms with Crippen molar-refractivity contribution in [2.45, 2.75) is 0 Å². The van der Waals surface area contributed by atoms with Crippen molar-refractivity contribution in [2.75, 3.05) is 5.73 Å². The molecule has 1 aromatic carbocycles. The number of nitrogens with two attached hydrogens (primary N) is 1. The lowest BCUT2D eigenvalue weighted by Gasteiger charge is -2.06. The Bertz CT molecular complexity index is 642. The van der Waals surface area contributed by atoms with Gasteiger partial charge in [0.25, 0.3) is 0 Å². The van der Waals surface area contributed by atoms with E-state index >= 15 is 0 Å². The summed E-state index contributed by atoms with van der Waals surface area (Å²) in [5, 5.41) is 17.8. The second kappa shape index (κ2) is 4.55. The number of nitrogens with zero attached hydrogens (tertiary/aromatic N) is 2. The van der Waals surface area contributed by atoms with Gasteiger partial charge in [-0.1, -0.05) is 12.1 Å². The molecule has 0 amide bonds. The van der Waals surface area contributed by atoms with Crippen LogP contribution in [0.2, 0.25) is 0 Å². The van der Waals surface area contributed by atoms with Crippen molar-refractivity contribution in [3.63, 3.8) is 0 Å². The van der Waals surface area contributed by atoms with Gasteiger partial charge < -0.3 is 10.8 Å². The number of carboxylic acid groups (broad SMARTS) is 1. The average Bonchev–Trinajstić information content (AvgIpc) is 2.39. The van der Waals surface area contributed by atoms with Gasteiger partial charge in [0.05, 0.1) is 17.2 Å². The summed E-state index contributed by atoms with van der Waals surface area (Å²) in [7, 11) is 0. The van der Waals surface area contributed by atoms with Crippen LogP contribution in [-0.2, 0) is 0 Å². The van der Waals surface area contributed by atoms with Crippen LogP contribution in [0.25, 0.3) is 11.1 Å². The number of nitrogen functional groups attached to an aromatic ring is 1. The van der Waals surface area contributed by atoms with Crippen LogP contribution in [0.1, 0.15) is 15.9 Å². The molecule has 0 radical (unpaired) electrons. The number of hydrogen-bond donors (Lipinski definition) is 2. The largest absolute Gasteiger partial charge is 0.478 e. The van der Waals surface area contributed by atoms with Gasteiger partial charge in [-0.3, -0.25) is 0 Å². The zero-order chi connectivity index (χ0) is 13.1. The van der Waals surface area contributed by atoms with Gasteiger partial charge >= 0.3 is 5.97 Å². The van der Waals surface area contributed by atoms with Crippen molar-refractivity contribution >= 4 is 11.8 Å². The monoisotopic (exact) mass is 239 g/mol. The van der Waals surface area contributed by atoms with E-state index in [1.165, 1.54) is 12.3 Å². The van der Waals surface area contributed by atoms with Crippen LogP contribution < -0.4 is 5.73 Å². The molecule has 0 saturated heterocycles. The van der Waals surface area contributed by atoms with Gasteiger partial charge in [-0.2, -0.15) is 5.26 Å². The summed E-state index contributed by atoms with van der Waals surface area (Å²) < 4.78 is 0. The van der Waals surface area contributed by atoms with Gasteiger partial charge in [0, 0.05) is 11.8 Å². The zero-order valence-corrected chi connectivity index (χ0v) is 9.29. The highest BCUT2D eigenvalue weighted by atomic mass is 16.4. The van der Waals surface area contributed by atoms with Crippen molar-refractivity contribution in [3.05, 3.63) is 47.7 Å². The Morgan fingerprint density at radius 1 is 1.33 bits per heavy atom. The second-order valence-corrected chi connectivity index (χ2v) is 3.65.